The molecule has 2 rings (SSSR count). The van der Waals surface area contributed by atoms with E-state index in [0.717, 1.165) is 13.0 Å². The summed E-state index contributed by atoms with van der Waals surface area (Å²) in [5.74, 6) is -0.142. The molecule has 118 valence electrons. The Morgan fingerprint density at radius 3 is 2.64 bits per heavy atom. The molecule has 0 spiro atoms. The zero-order valence-corrected chi connectivity index (χ0v) is 12.5. The number of aryl methyl sites for hydroxylation is 1. The van der Waals surface area contributed by atoms with E-state index in [1.807, 2.05) is 7.05 Å². The average molecular weight is 304 g/mol. The Balaban J connectivity index is 2.03. The van der Waals surface area contributed by atoms with E-state index in [0.29, 0.717) is 17.3 Å². The van der Waals surface area contributed by atoms with Gasteiger partial charge < -0.3 is 10.6 Å². The highest BCUT2D eigenvalue weighted by atomic mass is 16.2. The van der Waals surface area contributed by atoms with Crippen LogP contribution in [0.4, 0.5) is 0 Å². The lowest BCUT2D eigenvalue weighted by Gasteiger charge is -2.08. The SMILES string of the molecule is CNCCCNC(=O)CCn1[nH]c(=O)c2ccccc2c1=O. The van der Waals surface area contributed by atoms with Crippen molar-refractivity contribution in [3.05, 3.63) is 45.0 Å². The van der Waals surface area contributed by atoms with Crippen LogP contribution in [0.5, 0.6) is 0 Å². The zero-order chi connectivity index (χ0) is 15.9. The fraction of sp³-hybridized carbons (Fsp3) is 0.400. The second-order valence-electron chi connectivity index (χ2n) is 5.00. The minimum absolute atomic E-state index is 0.142. The topological polar surface area (TPSA) is 96.0 Å². The summed E-state index contributed by atoms with van der Waals surface area (Å²) in [4.78, 5) is 35.9. The summed E-state index contributed by atoms with van der Waals surface area (Å²) in [7, 11) is 1.85. The number of carbonyl (C=O) groups is 1. The second kappa shape index (κ2) is 7.56. The molecule has 0 fully saturated rings. The molecule has 7 heteroatoms. The number of rotatable bonds is 7. The van der Waals surface area contributed by atoms with E-state index < -0.39 is 0 Å². The highest BCUT2D eigenvalue weighted by molar-refractivity contribution is 5.80. The number of nitrogens with zero attached hydrogens (tertiary/aromatic N) is 1. The Morgan fingerprint density at radius 1 is 1.18 bits per heavy atom. The summed E-state index contributed by atoms with van der Waals surface area (Å²) in [6, 6.07) is 6.64. The Hall–Kier alpha value is -2.41. The number of hydrogen-bond donors (Lipinski definition) is 3. The largest absolute Gasteiger partial charge is 0.356 e. The van der Waals surface area contributed by atoms with Crippen LogP contribution in [-0.2, 0) is 11.3 Å². The molecule has 0 unspecified atom stereocenters. The Morgan fingerprint density at radius 2 is 1.91 bits per heavy atom. The van der Waals surface area contributed by atoms with Gasteiger partial charge in [0.15, 0.2) is 0 Å². The van der Waals surface area contributed by atoms with Crippen LogP contribution in [0.15, 0.2) is 33.9 Å². The lowest BCUT2D eigenvalue weighted by Crippen LogP contribution is -2.33. The molecule has 0 atom stereocenters. The van der Waals surface area contributed by atoms with Crippen LogP contribution in [-0.4, -0.2) is 35.8 Å². The minimum Gasteiger partial charge on any atom is -0.356 e. The van der Waals surface area contributed by atoms with E-state index in [1.165, 1.54) is 4.68 Å². The quantitative estimate of drug-likeness (QED) is 0.618. The van der Waals surface area contributed by atoms with Gasteiger partial charge in [-0.15, -0.1) is 0 Å². The fourth-order valence-corrected chi connectivity index (χ4v) is 2.20. The van der Waals surface area contributed by atoms with E-state index in [1.54, 1.807) is 24.3 Å². The monoisotopic (exact) mass is 304 g/mol. The van der Waals surface area contributed by atoms with Crippen LogP contribution in [0.3, 0.4) is 0 Å². The van der Waals surface area contributed by atoms with E-state index >= 15 is 0 Å². The third kappa shape index (κ3) is 3.82. The first-order valence-corrected chi connectivity index (χ1v) is 7.26. The van der Waals surface area contributed by atoms with Crippen LogP contribution in [0, 0.1) is 0 Å². The molecule has 0 bridgehead atoms. The normalized spacial score (nSPS) is 10.8. The van der Waals surface area contributed by atoms with Gasteiger partial charge in [-0.05, 0) is 32.1 Å². The maximum atomic E-state index is 12.2. The van der Waals surface area contributed by atoms with Crippen molar-refractivity contribution in [2.24, 2.45) is 0 Å². The van der Waals surface area contributed by atoms with Crippen LogP contribution >= 0.6 is 0 Å². The molecule has 1 aromatic heterocycles. The highest BCUT2D eigenvalue weighted by Gasteiger charge is 2.08. The minimum atomic E-state index is -0.329. The molecule has 1 aromatic carbocycles. The number of carbonyl (C=O) groups excluding carboxylic acids is 1. The number of hydrogen-bond acceptors (Lipinski definition) is 4. The molecular formula is C15H20N4O3. The molecular weight excluding hydrogens is 284 g/mol. The number of nitrogens with one attached hydrogen (secondary N) is 3. The number of benzene rings is 1. The van der Waals surface area contributed by atoms with E-state index in [9.17, 15) is 14.4 Å². The summed E-state index contributed by atoms with van der Waals surface area (Å²) in [6.07, 6.45) is 0.989. The molecule has 0 aliphatic rings. The van der Waals surface area contributed by atoms with E-state index in [2.05, 4.69) is 15.7 Å². The van der Waals surface area contributed by atoms with E-state index in [-0.39, 0.29) is 30.0 Å². The molecule has 1 amide bonds. The number of H-pyrrole nitrogens is 1. The first kappa shape index (κ1) is 16.0. The van der Waals surface area contributed by atoms with Crippen LogP contribution in [0.25, 0.3) is 10.8 Å². The molecule has 3 N–H and O–H groups in total. The highest BCUT2D eigenvalue weighted by Crippen LogP contribution is 2.02. The first-order valence-electron chi connectivity index (χ1n) is 7.26. The molecule has 1 heterocycles. The van der Waals surface area contributed by atoms with Gasteiger partial charge >= 0.3 is 0 Å². The third-order valence-electron chi connectivity index (χ3n) is 3.37. The Labute approximate surface area is 127 Å². The Bertz CT molecular complexity index is 763. The lowest BCUT2D eigenvalue weighted by atomic mass is 10.2. The molecule has 2 aromatic rings. The van der Waals surface area contributed by atoms with Gasteiger partial charge in [0.25, 0.3) is 11.1 Å². The first-order chi connectivity index (χ1) is 10.6. The van der Waals surface area contributed by atoms with Gasteiger partial charge in [0.1, 0.15) is 0 Å². The van der Waals surface area contributed by atoms with Gasteiger partial charge in [-0.25, -0.2) is 4.68 Å². The summed E-state index contributed by atoms with van der Waals surface area (Å²) in [6.45, 7) is 1.57. The predicted octanol–water partition coefficient (Wildman–Crippen LogP) is -0.194. The van der Waals surface area contributed by atoms with Gasteiger partial charge in [-0.1, -0.05) is 12.1 Å². The number of amides is 1. The number of fused-ring (bicyclic) bond motifs is 1. The van der Waals surface area contributed by atoms with Crippen molar-refractivity contribution < 1.29 is 4.79 Å². The molecule has 0 aliphatic carbocycles. The average Bonchev–Trinajstić information content (AvgIpc) is 2.54. The molecule has 0 radical (unpaired) electrons. The summed E-state index contributed by atoms with van der Waals surface area (Å²) < 4.78 is 1.19. The van der Waals surface area contributed by atoms with Gasteiger partial charge in [-0.3, -0.25) is 19.5 Å². The lowest BCUT2D eigenvalue weighted by molar-refractivity contribution is -0.121. The van der Waals surface area contributed by atoms with Crippen LogP contribution in [0.1, 0.15) is 12.8 Å². The molecule has 0 saturated carbocycles. The van der Waals surface area contributed by atoms with Crippen LogP contribution in [0.2, 0.25) is 0 Å². The van der Waals surface area contributed by atoms with Crippen molar-refractivity contribution in [1.29, 1.82) is 0 Å². The number of aromatic nitrogens is 2. The summed E-state index contributed by atoms with van der Waals surface area (Å²) in [5.41, 5.74) is -0.622. The van der Waals surface area contributed by atoms with Crippen molar-refractivity contribution in [2.75, 3.05) is 20.1 Å². The van der Waals surface area contributed by atoms with Crippen molar-refractivity contribution >= 4 is 16.7 Å². The van der Waals surface area contributed by atoms with Gasteiger partial charge in [0.05, 0.1) is 17.3 Å². The third-order valence-corrected chi connectivity index (χ3v) is 3.37. The maximum Gasteiger partial charge on any atom is 0.273 e. The van der Waals surface area contributed by atoms with E-state index in [4.69, 9.17) is 0 Å². The molecule has 0 saturated heterocycles. The van der Waals surface area contributed by atoms with Gasteiger partial charge in [0, 0.05) is 13.0 Å². The molecule has 7 nitrogen and oxygen atoms in total. The van der Waals surface area contributed by atoms with Gasteiger partial charge in [-0.2, -0.15) is 0 Å². The summed E-state index contributed by atoms with van der Waals surface area (Å²) in [5, 5.41) is 9.00. The Kier molecular flexibility index (Phi) is 5.48. The van der Waals surface area contributed by atoms with Crippen LogP contribution < -0.4 is 21.8 Å². The fourth-order valence-electron chi connectivity index (χ4n) is 2.20. The second-order valence-corrected chi connectivity index (χ2v) is 5.00. The van der Waals surface area contributed by atoms with Crippen molar-refractivity contribution in [3.63, 3.8) is 0 Å². The summed E-state index contributed by atoms with van der Waals surface area (Å²) >= 11 is 0. The van der Waals surface area contributed by atoms with Crippen molar-refractivity contribution in [1.82, 2.24) is 20.4 Å². The van der Waals surface area contributed by atoms with Gasteiger partial charge in [0.2, 0.25) is 5.91 Å². The van der Waals surface area contributed by atoms with Crippen molar-refractivity contribution in [2.45, 2.75) is 19.4 Å². The number of aromatic amines is 1. The molecule has 0 aliphatic heterocycles. The zero-order valence-electron chi connectivity index (χ0n) is 12.5. The van der Waals surface area contributed by atoms with Crippen molar-refractivity contribution in [3.8, 4) is 0 Å². The maximum absolute atomic E-state index is 12.2. The predicted molar refractivity (Wildman–Crippen MR) is 85.0 cm³/mol. The smallest absolute Gasteiger partial charge is 0.273 e. The molecule has 22 heavy (non-hydrogen) atoms. The standard InChI is InChI=1S/C15H20N4O3/c1-16-8-4-9-17-13(20)7-10-19-15(22)12-6-3-2-5-11(12)14(21)18-19/h2-3,5-6,16H,4,7-10H2,1H3,(H,17,20)(H,18,21).